The van der Waals surface area contributed by atoms with E-state index in [1.54, 1.807) is 0 Å². The van der Waals surface area contributed by atoms with Crippen molar-refractivity contribution >= 4 is 0 Å². The third kappa shape index (κ3) is 0.0304. The second kappa shape index (κ2) is 0.269. The summed E-state index contributed by atoms with van der Waals surface area (Å²) in [7, 11) is 0. The molecule has 0 radical (unpaired) electrons. The zero-order valence-electron chi connectivity index (χ0n) is 7.48. The molecular weight excluding hydrogens is 235 g/mol. The van der Waals surface area contributed by atoms with Crippen LogP contribution in [0.5, 0.6) is 0 Å². The first-order valence-electron chi connectivity index (χ1n) is 6.79. The molecule has 0 aromatic carbocycles. The Hall–Kier alpha value is 0.623. The van der Waals surface area contributed by atoms with E-state index in [9.17, 15) is 0 Å². The first kappa shape index (κ1) is 4.24. The second-order valence-corrected chi connectivity index (χ2v) is 65.6. The quantitative estimate of drug-likeness (QED) is 0.616. The molecule has 0 amide bonds. The number of fused-ring (bicyclic) bond motifs is 10. The Morgan fingerprint density at radius 1 is 0.846 bits per heavy atom. The molecule has 64 valence electrons. The predicted octanol–water partition coefficient (Wildman–Crippen LogP) is 3.93. The molecule has 4 atom stereocenters. The molecule has 0 aromatic heterocycles. The van der Waals surface area contributed by atoms with Gasteiger partial charge in [0.1, 0.15) is 0 Å². The van der Waals surface area contributed by atoms with E-state index < -0.39 is 11.4 Å². The summed E-state index contributed by atoms with van der Waals surface area (Å²) < 4.78 is 14.7. The van der Waals surface area contributed by atoms with Crippen LogP contribution in [0.2, 0.25) is 35.8 Å². The van der Waals surface area contributed by atoms with Crippen LogP contribution in [-0.2, 0) is 11.4 Å². The molecule has 4 unspecified atom stereocenters. The molecule has 10 fully saturated rings. The van der Waals surface area contributed by atoms with Crippen LogP contribution in [-0.4, -0.2) is 0 Å². The van der Waals surface area contributed by atoms with Gasteiger partial charge in [-0.2, -0.15) is 0 Å². The topological polar surface area (TPSA) is 0 Å². The molecule has 10 aliphatic rings. The van der Waals surface area contributed by atoms with Crippen molar-refractivity contribution in [3.63, 3.8) is 0 Å². The van der Waals surface area contributed by atoms with Crippen molar-refractivity contribution in [3.8, 4) is 0 Å². The molecule has 10 heterocycles. The summed E-state index contributed by atoms with van der Waals surface area (Å²) in [5, 5.41) is 0. The number of hydrogen-bond donors (Lipinski definition) is 0. The van der Waals surface area contributed by atoms with Gasteiger partial charge >= 0.3 is 59.8 Å². The average molecular weight is 247 g/mol. The van der Waals surface area contributed by atoms with E-state index in [1.807, 2.05) is 0 Å². The molecule has 13 heavy (non-hydrogen) atoms. The first-order valence-corrected chi connectivity index (χ1v) is 20.8. The number of allylic oxidation sites excluding steroid dienone is 1. The van der Waals surface area contributed by atoms with E-state index in [1.165, 1.54) is 32.6 Å². The Bertz CT molecular complexity index is 794. The summed E-state index contributed by atoms with van der Waals surface area (Å²) in [6.45, 7) is 4.30. The van der Waals surface area contributed by atoms with Crippen LogP contribution in [0.15, 0.2) is 12.7 Å². The fourth-order valence-electron chi connectivity index (χ4n) is 24.7. The van der Waals surface area contributed by atoms with Crippen molar-refractivity contribution in [2.75, 3.05) is 0 Å². The zero-order chi connectivity index (χ0) is 7.72. The fourth-order valence-corrected chi connectivity index (χ4v) is 249. The molecule has 10 rings (SSSR count). The summed E-state index contributed by atoms with van der Waals surface area (Å²) in [6, 6.07) is 0. The average Bonchev–Trinajstić information content (AvgIpc) is 3.12. The molecule has 0 nitrogen and oxygen atoms in total. The third-order valence-electron chi connectivity index (χ3n) is 20.7. The molecular formula is C12H12Zr. The molecule has 0 saturated carbocycles. The predicted molar refractivity (Wildman–Crippen MR) is 46.6 cm³/mol. The van der Waals surface area contributed by atoms with Gasteiger partial charge in [0.25, 0.3) is 0 Å². The van der Waals surface area contributed by atoms with E-state index in [0.29, 0.717) is 0 Å². The molecule has 0 aromatic rings. The normalized spacial score (nSPS) is 152. The third-order valence-corrected chi connectivity index (χ3v) is 115. The van der Waals surface area contributed by atoms with Gasteiger partial charge in [0, 0.05) is 0 Å². The Balaban J connectivity index is 2.14. The van der Waals surface area contributed by atoms with Crippen LogP contribution >= 0.6 is 0 Å². The Morgan fingerprint density at radius 2 is 1.31 bits per heavy atom. The monoisotopic (exact) mass is 246 g/mol. The summed E-state index contributed by atoms with van der Waals surface area (Å²) >= 11 is -3.12. The molecule has 10 aliphatic heterocycles. The summed E-state index contributed by atoms with van der Waals surface area (Å²) in [5.74, 6) is 0. The number of rotatable bonds is 1. The van der Waals surface area contributed by atoms with Crippen LogP contribution < -0.4 is 0 Å². The van der Waals surface area contributed by atoms with Crippen molar-refractivity contribution in [3.05, 3.63) is 12.7 Å². The van der Waals surface area contributed by atoms with E-state index >= 15 is 0 Å². The van der Waals surface area contributed by atoms with Crippen molar-refractivity contribution < 1.29 is 11.4 Å². The van der Waals surface area contributed by atoms with Gasteiger partial charge < -0.3 is 0 Å². The van der Waals surface area contributed by atoms with Gasteiger partial charge in [-0.05, 0) is 0 Å². The van der Waals surface area contributed by atoms with Crippen molar-refractivity contribution in [1.29, 1.82) is 0 Å². The van der Waals surface area contributed by atoms with Crippen LogP contribution in [0.3, 0.4) is 0 Å². The summed E-state index contributed by atoms with van der Waals surface area (Å²) in [5.41, 5.74) is 0. The minimum absolute atomic E-state index is 1.03. The molecule has 0 aliphatic carbocycles. The van der Waals surface area contributed by atoms with Gasteiger partial charge in [0.2, 0.25) is 0 Å². The molecule has 1 heteroatoms. The van der Waals surface area contributed by atoms with Gasteiger partial charge in [-0.1, -0.05) is 0 Å². The van der Waals surface area contributed by atoms with Crippen LogP contribution in [0.25, 0.3) is 0 Å². The minimum atomic E-state index is -3.12. The van der Waals surface area contributed by atoms with Crippen molar-refractivity contribution in [1.82, 2.24) is 0 Å². The van der Waals surface area contributed by atoms with Crippen molar-refractivity contribution in [2.24, 2.45) is 0 Å². The van der Waals surface area contributed by atoms with Crippen LogP contribution in [0.1, 0.15) is 0 Å². The van der Waals surface area contributed by atoms with Gasteiger partial charge in [0.05, 0.1) is 0 Å². The summed E-state index contributed by atoms with van der Waals surface area (Å²) in [6.07, 6.45) is 2.58. The molecule has 1 spiro atoms. The molecule has 0 bridgehead atoms. The Kier molecular flexibility index (Phi) is 0.0878. The van der Waals surface area contributed by atoms with Gasteiger partial charge in [-0.3, -0.25) is 0 Å². The number of hydrogen-bond acceptors (Lipinski definition) is 0. The Labute approximate surface area is 59.5 Å². The van der Waals surface area contributed by atoms with E-state index in [4.69, 9.17) is 0 Å². The van der Waals surface area contributed by atoms with E-state index in [-0.39, 0.29) is 0 Å². The van der Waals surface area contributed by atoms with Gasteiger partial charge in [-0.25, -0.2) is 0 Å². The maximum atomic E-state index is 4.30. The molecule has 0 N–H and O–H groups in total. The Morgan fingerprint density at radius 3 is 1.38 bits per heavy atom. The maximum absolute atomic E-state index is 4.30. The van der Waals surface area contributed by atoms with E-state index in [2.05, 4.69) is 12.7 Å². The second-order valence-electron chi connectivity index (χ2n) is 13.1. The van der Waals surface area contributed by atoms with Gasteiger partial charge in [-0.15, -0.1) is 0 Å². The SMILES string of the molecule is C=C[C]12[CH]3[CH]4[CH]5[CH]1[Zr]45321678[CH]2[CH]1[CH]6[CH]7[CH]28. The van der Waals surface area contributed by atoms with Crippen LogP contribution in [0, 0.1) is 0 Å². The molecule has 10 saturated heterocycles. The fraction of sp³-hybridized carbons (Fsp3) is 0.833. The van der Waals surface area contributed by atoms with Crippen molar-refractivity contribution in [2.45, 2.75) is 35.8 Å². The van der Waals surface area contributed by atoms with Gasteiger partial charge in [0.15, 0.2) is 0 Å². The zero-order valence-corrected chi connectivity index (χ0v) is 9.94. The van der Waals surface area contributed by atoms with Crippen LogP contribution in [0.4, 0.5) is 0 Å². The summed E-state index contributed by atoms with van der Waals surface area (Å²) in [4.78, 5) is 0. The van der Waals surface area contributed by atoms with E-state index in [0.717, 1.165) is 3.12 Å². The standard InChI is InChI=1S/C7H7.C5H5.Zr/c1-2-7-5-3-4-6-7;1-2-4-5-3-1;/h2-6H,1H2;1-5H;. The first-order chi connectivity index (χ1) is 6.11.